The molecule has 0 aliphatic carbocycles. The number of amidine groups is 2. The maximum absolute atomic E-state index is 7.06. The van der Waals surface area contributed by atoms with Crippen LogP contribution in [0.15, 0.2) is 227 Å². The molecule has 0 fully saturated rings. The zero-order valence-corrected chi connectivity index (χ0v) is 37.2. The van der Waals surface area contributed by atoms with Gasteiger partial charge < -0.3 is 18.9 Å². The van der Waals surface area contributed by atoms with Gasteiger partial charge in [-0.2, -0.15) is 0 Å². The molecule has 1 atom stereocenters. The van der Waals surface area contributed by atoms with Gasteiger partial charge in [-0.05, 0) is 77.5 Å². The van der Waals surface area contributed by atoms with E-state index in [4.69, 9.17) is 14.4 Å². The Bertz CT molecular complexity index is 4490. The van der Waals surface area contributed by atoms with Crippen molar-refractivity contribution in [2.75, 3.05) is 0 Å². The van der Waals surface area contributed by atoms with Crippen molar-refractivity contribution in [3.8, 4) is 11.4 Å². The molecule has 5 heterocycles. The van der Waals surface area contributed by atoms with Crippen LogP contribution in [-0.4, -0.2) is 20.8 Å². The molecule has 7 heteroatoms. The standard InChI is InChI=1S/C61H37N5OS/c1-2-18-38(19-3-1)65-49-27-11-7-22-42(49)55-44(24-14-28-50(55)65)59-62-60(45-25-15-31-54-56(45)43-23-9-13-30-53(43)68-54)64-61(63-59)46-33-32-41-40-21-8-12-29-52(40)67-58(41)57(46)66-48-26-10-6-20-39(48)47-34-36-16-4-5-17-37(36)35-51(47)66/h1-35,61H,(H,62,63,64). The van der Waals surface area contributed by atoms with E-state index in [1.54, 1.807) is 0 Å². The molecule has 0 spiro atoms. The Labute approximate surface area is 392 Å². The second-order valence-corrected chi connectivity index (χ2v) is 18.8. The number of fused-ring (bicyclic) bond motifs is 13. The highest BCUT2D eigenvalue weighted by Crippen LogP contribution is 2.44. The van der Waals surface area contributed by atoms with Gasteiger partial charge in [0.15, 0.2) is 11.4 Å². The van der Waals surface area contributed by atoms with Gasteiger partial charge in [0.2, 0.25) is 0 Å². The number of benzene rings is 10. The molecule has 6 nitrogen and oxygen atoms in total. The van der Waals surface area contributed by atoms with Gasteiger partial charge in [-0.3, -0.25) is 0 Å². The molecule has 1 aliphatic rings. The van der Waals surface area contributed by atoms with Crippen molar-refractivity contribution < 1.29 is 4.42 Å². The molecule has 318 valence electrons. The number of rotatable bonds is 5. The first-order chi connectivity index (χ1) is 33.7. The molecule has 10 aromatic carbocycles. The van der Waals surface area contributed by atoms with E-state index < -0.39 is 6.17 Å². The summed E-state index contributed by atoms with van der Waals surface area (Å²) in [7, 11) is 0. The van der Waals surface area contributed by atoms with Crippen LogP contribution in [0.4, 0.5) is 0 Å². The molecule has 0 saturated carbocycles. The minimum atomic E-state index is -0.584. The van der Waals surface area contributed by atoms with Crippen molar-refractivity contribution >= 4 is 120 Å². The average molecular weight is 888 g/mol. The molecule has 1 unspecified atom stereocenters. The molecule has 4 aromatic heterocycles. The van der Waals surface area contributed by atoms with Crippen molar-refractivity contribution in [3.63, 3.8) is 0 Å². The summed E-state index contributed by atoms with van der Waals surface area (Å²) in [6.07, 6.45) is -0.584. The summed E-state index contributed by atoms with van der Waals surface area (Å²) >= 11 is 1.81. The fraction of sp³-hybridized carbons (Fsp3) is 0.0164. The number of furan rings is 1. The van der Waals surface area contributed by atoms with Crippen LogP contribution in [0, 0.1) is 0 Å². The van der Waals surface area contributed by atoms with Crippen molar-refractivity contribution in [2.24, 2.45) is 9.98 Å². The van der Waals surface area contributed by atoms with Crippen LogP contribution in [0.2, 0.25) is 0 Å². The largest absolute Gasteiger partial charge is 0.454 e. The van der Waals surface area contributed by atoms with E-state index in [-0.39, 0.29) is 0 Å². The highest BCUT2D eigenvalue weighted by molar-refractivity contribution is 7.25. The Kier molecular flexibility index (Phi) is 7.91. The topological polar surface area (TPSA) is 59.8 Å². The number of thiophene rings is 1. The van der Waals surface area contributed by atoms with Crippen LogP contribution in [0.1, 0.15) is 22.9 Å². The molecular weight excluding hydrogens is 851 g/mol. The smallest absolute Gasteiger partial charge is 0.160 e. The zero-order valence-electron chi connectivity index (χ0n) is 36.4. The molecule has 1 aliphatic heterocycles. The summed E-state index contributed by atoms with van der Waals surface area (Å²) in [4.78, 5) is 11.4. The fourth-order valence-electron chi connectivity index (χ4n) is 11.0. The minimum Gasteiger partial charge on any atom is -0.454 e. The Morgan fingerprint density at radius 2 is 1.12 bits per heavy atom. The molecule has 14 aromatic rings. The second-order valence-electron chi connectivity index (χ2n) is 17.7. The number of hydrogen-bond donors (Lipinski definition) is 1. The molecule has 1 N–H and O–H groups in total. The van der Waals surface area contributed by atoms with E-state index in [1.807, 2.05) is 17.4 Å². The Hall–Kier alpha value is -8.78. The third kappa shape index (κ3) is 5.39. The Morgan fingerprint density at radius 3 is 1.99 bits per heavy atom. The van der Waals surface area contributed by atoms with Crippen LogP contribution >= 0.6 is 11.3 Å². The van der Waals surface area contributed by atoms with E-state index in [1.165, 1.54) is 36.3 Å². The predicted molar refractivity (Wildman–Crippen MR) is 285 cm³/mol. The van der Waals surface area contributed by atoms with E-state index in [0.29, 0.717) is 5.84 Å². The monoisotopic (exact) mass is 887 g/mol. The fourth-order valence-corrected chi connectivity index (χ4v) is 12.2. The first-order valence-electron chi connectivity index (χ1n) is 23.0. The van der Waals surface area contributed by atoms with Gasteiger partial charge in [0.25, 0.3) is 0 Å². The number of nitrogens with zero attached hydrogens (tertiary/aromatic N) is 4. The van der Waals surface area contributed by atoms with Crippen LogP contribution in [0.3, 0.4) is 0 Å². The molecule has 0 amide bonds. The van der Waals surface area contributed by atoms with E-state index >= 15 is 0 Å². The van der Waals surface area contributed by atoms with E-state index in [2.05, 4.69) is 221 Å². The SMILES string of the molecule is c1ccc(-n2c3ccccc3c3c(C4=NC(c5cccc6sc7ccccc7c56)=NC(c5ccc6c(oc7ccccc76)c5-n5c6ccccc6c6cc7ccccc7cc65)N4)cccc32)cc1. The summed E-state index contributed by atoms with van der Waals surface area (Å²) in [5.74, 6) is 1.42. The zero-order chi connectivity index (χ0) is 44.5. The molecule has 68 heavy (non-hydrogen) atoms. The summed E-state index contributed by atoms with van der Waals surface area (Å²) in [6.45, 7) is 0. The van der Waals surface area contributed by atoms with Crippen LogP contribution in [0.5, 0.6) is 0 Å². The lowest BCUT2D eigenvalue weighted by atomic mass is 10.0. The highest BCUT2D eigenvalue weighted by atomic mass is 32.1. The quantitative estimate of drug-likeness (QED) is 0.187. The molecular formula is C61H37N5OS. The number of hydrogen-bond acceptors (Lipinski definition) is 5. The molecule has 0 saturated heterocycles. The lowest BCUT2D eigenvalue weighted by Gasteiger charge is -2.26. The Balaban J connectivity index is 1.05. The normalized spacial score (nSPS) is 14.3. The second kappa shape index (κ2) is 14.4. The first kappa shape index (κ1) is 37.4. The van der Waals surface area contributed by atoms with Crippen LogP contribution in [0.25, 0.3) is 108 Å². The summed E-state index contributed by atoms with van der Waals surface area (Å²) in [5, 5.41) is 15.5. The van der Waals surface area contributed by atoms with Crippen molar-refractivity contribution in [1.29, 1.82) is 0 Å². The molecule has 15 rings (SSSR count). The van der Waals surface area contributed by atoms with Gasteiger partial charge in [-0.25, -0.2) is 9.98 Å². The third-order valence-corrected chi connectivity index (χ3v) is 15.1. The summed E-state index contributed by atoms with van der Waals surface area (Å²) in [6, 6.07) is 76.0. The number of aromatic nitrogens is 2. The van der Waals surface area contributed by atoms with Gasteiger partial charge in [0.1, 0.15) is 17.6 Å². The Morgan fingerprint density at radius 1 is 0.456 bits per heavy atom. The van der Waals surface area contributed by atoms with Crippen LogP contribution < -0.4 is 5.32 Å². The summed E-state index contributed by atoms with van der Waals surface area (Å²) in [5.41, 5.74) is 11.1. The third-order valence-electron chi connectivity index (χ3n) is 14.0. The molecule has 0 radical (unpaired) electrons. The van der Waals surface area contributed by atoms with Crippen molar-refractivity contribution in [1.82, 2.24) is 14.5 Å². The number of aliphatic imine (C=N–C) groups is 2. The van der Waals surface area contributed by atoms with Gasteiger partial charge >= 0.3 is 0 Å². The average Bonchev–Trinajstić information content (AvgIpc) is 4.15. The van der Waals surface area contributed by atoms with Crippen LogP contribution in [-0.2, 0) is 0 Å². The van der Waals surface area contributed by atoms with Crippen molar-refractivity contribution in [3.05, 3.63) is 229 Å². The number of nitrogens with one attached hydrogen (secondary N) is 1. The lowest BCUT2D eigenvalue weighted by molar-refractivity contribution is 0.650. The first-order valence-corrected chi connectivity index (χ1v) is 23.8. The van der Waals surface area contributed by atoms with Gasteiger partial charge in [0.05, 0.1) is 27.8 Å². The van der Waals surface area contributed by atoms with Gasteiger partial charge in [-0.15, -0.1) is 11.3 Å². The van der Waals surface area contributed by atoms with E-state index in [0.717, 1.165) is 94.1 Å². The summed E-state index contributed by atoms with van der Waals surface area (Å²) < 4.78 is 14.3. The highest BCUT2D eigenvalue weighted by Gasteiger charge is 2.30. The van der Waals surface area contributed by atoms with Crippen molar-refractivity contribution in [2.45, 2.75) is 6.17 Å². The number of para-hydroxylation sites is 4. The van der Waals surface area contributed by atoms with Gasteiger partial charge in [-0.1, -0.05) is 146 Å². The lowest BCUT2D eigenvalue weighted by Crippen LogP contribution is -2.34. The minimum absolute atomic E-state index is 0.584. The van der Waals surface area contributed by atoms with Gasteiger partial charge in [0, 0.05) is 74.9 Å². The maximum atomic E-state index is 7.06. The maximum Gasteiger partial charge on any atom is 0.160 e. The predicted octanol–water partition coefficient (Wildman–Crippen LogP) is 15.8. The van der Waals surface area contributed by atoms with E-state index in [9.17, 15) is 0 Å². The molecule has 0 bridgehead atoms.